The number of anilines is 3. The molecule has 0 atom stereocenters. The van der Waals surface area contributed by atoms with Gasteiger partial charge in [-0.1, -0.05) is 59.1 Å². The Morgan fingerprint density at radius 1 is 0.576 bits per heavy atom. The SMILES string of the molecule is CC(C)(O)C(C)(C)O[B]B1OC(C)(C)C(C)(C)O1.CC1(C)OB(c2ccsc2C=O)OC1(C)C.CO.O=C(Nc1cccc(Cl)c1)N1CCc2[nH]nc(-c3ccsc3CO)c2C1.O=C(Nc1cccc(Cl)c1)N1CCc2[nH]nc(Br)c2C1.O=Cc1sccc1-c1n[nH]c2c1CN(C(=O)Nc1cccc(Cl)c1)CC2.O=Cc1sccc1Br.[B].[H-].[Na+]. The van der Waals surface area contributed by atoms with Gasteiger partial charge < -0.3 is 70.7 Å². The number of amides is 6. The Morgan fingerprint density at radius 2 is 0.958 bits per heavy atom. The number of halogens is 5. The average Bonchev–Trinajstić information content (AvgIpc) is 1.73. The first-order chi connectivity index (χ1) is 54.9. The number of aliphatic hydroxyl groups excluding tert-OH is 2. The molecule has 4 radical (unpaired) electrons. The van der Waals surface area contributed by atoms with Crippen molar-refractivity contribution in [2.75, 3.05) is 42.7 Å². The zero-order chi connectivity index (χ0) is 84.7. The quantitative estimate of drug-likeness (QED) is 0.0361. The van der Waals surface area contributed by atoms with Crippen molar-refractivity contribution in [3.63, 3.8) is 0 Å². The van der Waals surface area contributed by atoms with Crippen LogP contribution >= 0.6 is 112 Å². The summed E-state index contributed by atoms with van der Waals surface area (Å²) in [6.07, 6.45) is 4.71. The van der Waals surface area contributed by atoms with Crippen LogP contribution in [-0.4, -0.2) is 188 Å². The van der Waals surface area contributed by atoms with Crippen LogP contribution in [-0.2, 0) is 68.8 Å². The van der Waals surface area contributed by atoms with Gasteiger partial charge in [0.2, 0.25) is 0 Å². The number of aromatic nitrogens is 6. The molecular formula is C78H92B4Br2Cl3N12NaO14S4. The van der Waals surface area contributed by atoms with Crippen LogP contribution in [0.2, 0.25) is 15.1 Å². The van der Waals surface area contributed by atoms with Gasteiger partial charge in [0.25, 0.3) is 0 Å². The van der Waals surface area contributed by atoms with E-state index >= 15 is 0 Å². The molecule has 9 N–H and O–H groups in total. The summed E-state index contributed by atoms with van der Waals surface area (Å²) in [5.74, 6) is 0. The van der Waals surface area contributed by atoms with Crippen molar-refractivity contribution in [2.45, 2.75) is 162 Å². The maximum atomic E-state index is 12.6. The summed E-state index contributed by atoms with van der Waals surface area (Å²) in [5, 5.41) is 66.4. The van der Waals surface area contributed by atoms with Crippen LogP contribution in [0.1, 0.15) is 152 Å². The molecule has 2 fully saturated rings. The molecule has 6 amide bonds. The Morgan fingerprint density at radius 3 is 1.37 bits per heavy atom. The van der Waals surface area contributed by atoms with E-state index in [0.717, 1.165) is 113 Å². The summed E-state index contributed by atoms with van der Waals surface area (Å²) in [4.78, 5) is 77.9. The fraction of sp³-hybridized carbons (Fsp3) is 0.372. The predicted octanol–water partition coefficient (Wildman–Crippen LogP) is 13.8. The topological polar surface area (TPSA) is 341 Å². The van der Waals surface area contributed by atoms with Crippen LogP contribution in [0.3, 0.4) is 0 Å². The third-order valence-corrected chi connectivity index (χ3v) is 26.1. The molecule has 10 aromatic rings. The van der Waals surface area contributed by atoms with Gasteiger partial charge >= 0.3 is 69.2 Å². The molecule has 40 heteroatoms. The minimum atomic E-state index is -0.951. The van der Waals surface area contributed by atoms with Crippen LogP contribution in [0.4, 0.5) is 31.4 Å². The summed E-state index contributed by atoms with van der Waals surface area (Å²) in [6.45, 7) is 26.3. The summed E-state index contributed by atoms with van der Waals surface area (Å²) >= 11 is 30.2. The summed E-state index contributed by atoms with van der Waals surface area (Å²) in [7, 11) is 1.57. The molecule has 118 heavy (non-hydrogen) atoms. The molecule has 2 saturated heterocycles. The van der Waals surface area contributed by atoms with Crippen LogP contribution in [0.15, 0.2) is 128 Å². The molecule has 0 saturated carbocycles. The summed E-state index contributed by atoms with van der Waals surface area (Å²) in [6, 6.07) is 28.3. The monoisotopic (exact) mass is 1880 g/mol. The maximum Gasteiger partial charge on any atom is 1.00 e. The van der Waals surface area contributed by atoms with Gasteiger partial charge in [-0.15, -0.1) is 45.3 Å². The first-order valence-electron chi connectivity index (χ1n) is 36.5. The van der Waals surface area contributed by atoms with Crippen molar-refractivity contribution in [3.8, 4) is 22.5 Å². The Labute approximate surface area is 761 Å². The number of fused-ring (bicyclic) bond motifs is 3. The van der Waals surface area contributed by atoms with E-state index in [1.54, 1.807) is 95.3 Å². The number of benzene rings is 3. The summed E-state index contributed by atoms with van der Waals surface area (Å²) in [5.41, 5.74) is 9.13. The number of nitrogens with one attached hydrogen (secondary N) is 6. The Kier molecular flexibility index (Phi) is 36.5. The Hall–Kier alpha value is -6.32. The number of H-pyrrole nitrogens is 3. The van der Waals surface area contributed by atoms with Crippen molar-refractivity contribution >= 4 is 201 Å². The summed E-state index contributed by atoms with van der Waals surface area (Å²) < 4.78 is 30.6. The molecule has 5 aliphatic rings. The maximum absolute atomic E-state index is 12.6. The number of thiophene rings is 4. The first-order valence-corrected chi connectivity index (χ1v) is 42.8. The number of aliphatic hydroxyl groups is 3. The molecule has 0 spiro atoms. The molecule has 0 unspecified atom stereocenters. The van der Waals surface area contributed by atoms with Crippen molar-refractivity contribution in [2.24, 2.45) is 0 Å². The number of carbonyl (C=O) groups excluding carboxylic acids is 6. The molecule has 5 aliphatic heterocycles. The predicted molar refractivity (Wildman–Crippen MR) is 476 cm³/mol. The Balaban J connectivity index is 0.000000225. The van der Waals surface area contributed by atoms with Crippen molar-refractivity contribution in [3.05, 3.63) is 196 Å². The largest absolute Gasteiger partial charge is 1.00 e. The zero-order valence-electron chi connectivity index (χ0n) is 68.7. The van der Waals surface area contributed by atoms with Crippen LogP contribution in [0.5, 0.6) is 0 Å². The van der Waals surface area contributed by atoms with E-state index in [0.29, 0.717) is 94.0 Å². The molecule has 0 aliphatic carbocycles. The second-order valence-electron chi connectivity index (χ2n) is 29.7. The van der Waals surface area contributed by atoms with Crippen molar-refractivity contribution in [1.82, 2.24) is 45.3 Å². The fourth-order valence-electron chi connectivity index (χ4n) is 11.7. The number of nitrogens with zero attached hydrogens (tertiary/aromatic N) is 6. The van der Waals surface area contributed by atoms with Gasteiger partial charge in [-0.25, -0.2) is 14.4 Å². The van der Waals surface area contributed by atoms with E-state index in [1.165, 1.54) is 52.7 Å². The molecular weight excluding hydrogens is 1790 g/mol. The second kappa shape index (κ2) is 43.6. The van der Waals surface area contributed by atoms with Gasteiger partial charge in [0.15, 0.2) is 18.9 Å². The molecule has 15 rings (SSSR count). The third-order valence-electron chi connectivity index (χ3n) is 20.4. The number of hydrogen-bond acceptors (Lipinski definition) is 21. The Bertz CT molecular complexity index is 5020. The van der Waals surface area contributed by atoms with E-state index < -0.39 is 25.3 Å². The molecule has 7 aromatic heterocycles. The van der Waals surface area contributed by atoms with Gasteiger partial charge in [0, 0.05) is 146 Å². The van der Waals surface area contributed by atoms with Gasteiger partial charge in [0.05, 0.1) is 85.9 Å². The first kappa shape index (κ1) is 98.8. The zero-order valence-corrected chi connectivity index (χ0v) is 78.4. The number of carbonyl (C=O) groups is 6. The number of hydrogen-bond donors (Lipinski definition) is 9. The molecule has 3 aromatic carbocycles. The normalized spacial score (nSPS) is 15.6. The fourth-order valence-corrected chi connectivity index (χ4v) is 16.1. The second-order valence-corrected chi connectivity index (χ2v) is 36.5. The van der Waals surface area contributed by atoms with E-state index in [1.807, 2.05) is 121 Å². The smallest absolute Gasteiger partial charge is 1.00 e. The van der Waals surface area contributed by atoms with E-state index in [4.69, 9.17) is 63.2 Å². The average molecular weight is 1880 g/mol. The third kappa shape index (κ3) is 25.2. The van der Waals surface area contributed by atoms with Crippen LogP contribution < -0.4 is 51.0 Å². The molecule has 26 nitrogen and oxygen atoms in total. The molecule has 0 bridgehead atoms. The molecule has 620 valence electrons. The number of aromatic amines is 3. The van der Waals surface area contributed by atoms with Crippen molar-refractivity contribution < 1.29 is 98.3 Å². The minimum absolute atomic E-state index is 0. The van der Waals surface area contributed by atoms with E-state index in [-0.39, 0.29) is 86.5 Å². The molecule has 12 heterocycles. The number of rotatable bonds is 14. The van der Waals surface area contributed by atoms with Crippen LogP contribution in [0.25, 0.3) is 22.5 Å². The van der Waals surface area contributed by atoms with E-state index in [2.05, 4.69) is 78.4 Å². The van der Waals surface area contributed by atoms with Gasteiger partial charge in [0.1, 0.15) is 4.60 Å². The number of urea groups is 3. The van der Waals surface area contributed by atoms with Crippen molar-refractivity contribution in [1.29, 1.82) is 0 Å². The van der Waals surface area contributed by atoms with Gasteiger partial charge in [-0.3, -0.25) is 29.7 Å². The number of aldehydes is 3. The van der Waals surface area contributed by atoms with Crippen LogP contribution in [0, 0.1) is 0 Å². The standard InChI is InChI=1S/C18H17ClN4O2S.C18H15ClN4O2S.C13H12BrClN4O.C12H25B2O4.C11H15BO3S.C5H3BrOS.CH4O.B.Na.H/c2*19-11-2-1-3-12(8-11)20-18(25)23-6-4-15-14(9-23)17(22-21-15)13-5-7-26-16(13)10-24;14-12-10-7-19(5-4-11(10)17-18-12)13(20)16-9-3-1-2-8(15)6-9;1-9(2,15)10(3,4)16-13-14-17-11(5,6)12(7,8)18-14;1-10(2)11(3,4)15-12(14-10)8-5-6-16-9(8)7-13;6-4-1-2-8-5(4)3-7;1-2;;;/h1-3,5,7-8,24H,4,6,9-10H2,(H,20,25)(H,21,22);1-3,5,7-8,10H,4,6,9H2,(H,20,25)(H,21,22);1-3,6H,4-5,7H2,(H,16,20)(H,17,18);15H,1-8H3;5-7H,1-4H3;1-3H;2H,1H3;;;/q;;;;;;;;+1;-1. The van der Waals surface area contributed by atoms with Gasteiger partial charge in [-0.05, 0) is 209 Å². The van der Waals surface area contributed by atoms with E-state index in [9.17, 15) is 39.0 Å². The van der Waals surface area contributed by atoms with Gasteiger partial charge in [-0.2, -0.15) is 15.3 Å². The minimum Gasteiger partial charge on any atom is -1.00 e.